The molecule has 1 saturated heterocycles. The minimum Gasteiger partial charge on any atom is -0.370 e. The number of rotatable bonds is 3. The van der Waals surface area contributed by atoms with Gasteiger partial charge in [-0.25, -0.2) is 0 Å². The summed E-state index contributed by atoms with van der Waals surface area (Å²) in [6, 6.07) is 7.97. The van der Waals surface area contributed by atoms with Crippen molar-refractivity contribution in [2.24, 2.45) is 4.99 Å². The van der Waals surface area contributed by atoms with Gasteiger partial charge in [0, 0.05) is 20.1 Å². The number of hydrogen-bond donors (Lipinski definition) is 1. The Bertz CT molecular complexity index is 546. The average molecular weight is 329 g/mol. The standard InChI is InChI=1S/C16H22F3N3O/c1-12-5-3-4-6-13(12)14-11-22(9-10-23-14)15(20-2)21-8-7-16(17,18)19/h3-6,14H,7-11H2,1-2H3,(H,20,21). The molecule has 23 heavy (non-hydrogen) atoms. The van der Waals surface area contributed by atoms with Crippen LogP contribution in [0.25, 0.3) is 0 Å². The first kappa shape index (κ1) is 17.6. The normalized spacial score (nSPS) is 19.8. The second kappa shape index (κ2) is 7.68. The highest BCUT2D eigenvalue weighted by molar-refractivity contribution is 5.80. The van der Waals surface area contributed by atoms with Gasteiger partial charge in [-0.3, -0.25) is 4.99 Å². The number of ether oxygens (including phenoxy) is 1. The minimum absolute atomic E-state index is 0.105. The molecular formula is C16H22F3N3O. The van der Waals surface area contributed by atoms with Crippen LogP contribution in [-0.4, -0.2) is 50.3 Å². The van der Waals surface area contributed by atoms with Crippen molar-refractivity contribution in [2.75, 3.05) is 33.3 Å². The Morgan fingerprint density at radius 2 is 2.13 bits per heavy atom. The average Bonchev–Trinajstić information content (AvgIpc) is 2.51. The second-order valence-electron chi connectivity index (χ2n) is 5.50. The van der Waals surface area contributed by atoms with E-state index in [2.05, 4.69) is 10.3 Å². The van der Waals surface area contributed by atoms with Crippen LogP contribution in [0.4, 0.5) is 13.2 Å². The number of aryl methyl sites for hydroxylation is 1. The molecule has 0 saturated carbocycles. The number of aliphatic imine (C=N–C) groups is 1. The lowest BCUT2D eigenvalue weighted by Crippen LogP contribution is -2.48. The number of halogens is 3. The zero-order valence-electron chi connectivity index (χ0n) is 13.4. The van der Waals surface area contributed by atoms with E-state index in [9.17, 15) is 13.2 Å². The van der Waals surface area contributed by atoms with Gasteiger partial charge in [0.05, 0.1) is 19.6 Å². The topological polar surface area (TPSA) is 36.9 Å². The van der Waals surface area contributed by atoms with Gasteiger partial charge in [-0.2, -0.15) is 13.2 Å². The Morgan fingerprint density at radius 1 is 1.39 bits per heavy atom. The van der Waals surface area contributed by atoms with E-state index in [0.717, 1.165) is 11.1 Å². The van der Waals surface area contributed by atoms with Gasteiger partial charge in [-0.1, -0.05) is 24.3 Å². The molecule has 128 valence electrons. The number of hydrogen-bond acceptors (Lipinski definition) is 2. The smallest absolute Gasteiger partial charge is 0.370 e. The first-order chi connectivity index (χ1) is 10.9. The van der Waals surface area contributed by atoms with Gasteiger partial charge in [0.1, 0.15) is 6.10 Å². The van der Waals surface area contributed by atoms with Crippen molar-refractivity contribution in [3.8, 4) is 0 Å². The van der Waals surface area contributed by atoms with Gasteiger partial charge in [-0.15, -0.1) is 0 Å². The van der Waals surface area contributed by atoms with E-state index in [0.29, 0.717) is 25.7 Å². The molecular weight excluding hydrogens is 307 g/mol. The van der Waals surface area contributed by atoms with Crippen LogP contribution in [0.2, 0.25) is 0 Å². The van der Waals surface area contributed by atoms with E-state index in [1.54, 1.807) is 7.05 Å². The van der Waals surface area contributed by atoms with E-state index >= 15 is 0 Å². The van der Waals surface area contributed by atoms with E-state index in [1.165, 1.54) is 0 Å². The molecule has 1 atom stereocenters. The van der Waals surface area contributed by atoms with Crippen molar-refractivity contribution in [1.82, 2.24) is 10.2 Å². The molecule has 1 aliphatic heterocycles. The van der Waals surface area contributed by atoms with E-state index in [1.807, 2.05) is 36.1 Å². The maximum Gasteiger partial charge on any atom is 0.390 e. The highest BCUT2D eigenvalue weighted by Gasteiger charge is 2.28. The molecule has 0 amide bonds. The summed E-state index contributed by atoms with van der Waals surface area (Å²) in [5, 5.41) is 2.78. The first-order valence-electron chi connectivity index (χ1n) is 7.60. The van der Waals surface area contributed by atoms with Crippen LogP contribution in [0.15, 0.2) is 29.3 Å². The summed E-state index contributed by atoms with van der Waals surface area (Å²) in [6.07, 6.45) is -5.15. The van der Waals surface area contributed by atoms with Gasteiger partial charge >= 0.3 is 6.18 Å². The van der Waals surface area contributed by atoms with Crippen LogP contribution in [0.3, 0.4) is 0 Å². The summed E-state index contributed by atoms with van der Waals surface area (Å²) in [5.74, 6) is 0.483. The molecule has 0 aromatic heterocycles. The molecule has 1 aromatic carbocycles. The van der Waals surface area contributed by atoms with Crippen LogP contribution in [0.5, 0.6) is 0 Å². The highest BCUT2D eigenvalue weighted by atomic mass is 19.4. The molecule has 2 rings (SSSR count). The third-order valence-electron chi connectivity index (χ3n) is 3.80. The predicted molar refractivity (Wildman–Crippen MR) is 83.5 cm³/mol. The SMILES string of the molecule is CN=C(NCCC(F)(F)F)N1CCOC(c2ccccc2C)C1. The number of nitrogens with one attached hydrogen (secondary N) is 1. The number of morpholine rings is 1. The van der Waals surface area contributed by atoms with Crippen LogP contribution < -0.4 is 5.32 Å². The van der Waals surface area contributed by atoms with Crippen molar-refractivity contribution in [3.63, 3.8) is 0 Å². The fraction of sp³-hybridized carbons (Fsp3) is 0.562. The number of guanidine groups is 1. The molecule has 1 aliphatic rings. The van der Waals surface area contributed by atoms with E-state index in [-0.39, 0.29) is 12.6 Å². The maximum absolute atomic E-state index is 12.3. The monoisotopic (exact) mass is 329 g/mol. The summed E-state index contributed by atoms with van der Waals surface area (Å²) in [4.78, 5) is 6.03. The van der Waals surface area contributed by atoms with Gasteiger partial charge in [0.2, 0.25) is 0 Å². The summed E-state index contributed by atoms with van der Waals surface area (Å²) in [7, 11) is 1.58. The Hall–Kier alpha value is -1.76. The molecule has 1 unspecified atom stereocenters. The molecule has 1 N–H and O–H groups in total. The Morgan fingerprint density at radius 3 is 2.78 bits per heavy atom. The predicted octanol–water partition coefficient (Wildman–Crippen LogP) is 2.90. The third-order valence-corrected chi connectivity index (χ3v) is 3.80. The number of alkyl halides is 3. The fourth-order valence-electron chi connectivity index (χ4n) is 2.63. The van der Waals surface area contributed by atoms with Crippen LogP contribution in [-0.2, 0) is 4.74 Å². The van der Waals surface area contributed by atoms with Crippen molar-refractivity contribution in [1.29, 1.82) is 0 Å². The summed E-state index contributed by atoms with van der Waals surface area (Å²) in [6.45, 7) is 3.53. The summed E-state index contributed by atoms with van der Waals surface area (Å²) >= 11 is 0. The molecule has 0 bridgehead atoms. The molecule has 0 spiro atoms. The molecule has 1 aromatic rings. The maximum atomic E-state index is 12.3. The van der Waals surface area contributed by atoms with E-state index in [4.69, 9.17) is 4.74 Å². The van der Waals surface area contributed by atoms with Crippen molar-refractivity contribution < 1.29 is 17.9 Å². The first-order valence-corrected chi connectivity index (χ1v) is 7.60. The van der Waals surface area contributed by atoms with Crippen molar-refractivity contribution in [2.45, 2.75) is 25.6 Å². The minimum atomic E-state index is -4.17. The Kier molecular flexibility index (Phi) is 5.87. The molecule has 0 radical (unpaired) electrons. The van der Waals surface area contributed by atoms with Crippen molar-refractivity contribution in [3.05, 3.63) is 35.4 Å². The van der Waals surface area contributed by atoms with Crippen molar-refractivity contribution >= 4 is 5.96 Å². The van der Waals surface area contributed by atoms with Crippen LogP contribution >= 0.6 is 0 Å². The third kappa shape index (κ3) is 5.13. The molecule has 4 nitrogen and oxygen atoms in total. The lowest BCUT2D eigenvalue weighted by Gasteiger charge is -2.35. The van der Waals surface area contributed by atoms with Gasteiger partial charge in [-0.05, 0) is 18.1 Å². The quantitative estimate of drug-likeness (QED) is 0.684. The second-order valence-corrected chi connectivity index (χ2v) is 5.50. The van der Waals surface area contributed by atoms with Gasteiger partial charge in [0.25, 0.3) is 0 Å². The van der Waals surface area contributed by atoms with Gasteiger partial charge < -0.3 is 15.0 Å². The molecule has 0 aliphatic carbocycles. The lowest BCUT2D eigenvalue weighted by atomic mass is 10.0. The fourth-order valence-corrected chi connectivity index (χ4v) is 2.63. The Balaban J connectivity index is 1.98. The van der Waals surface area contributed by atoms with E-state index < -0.39 is 12.6 Å². The molecule has 7 heteroatoms. The summed E-state index contributed by atoms with van der Waals surface area (Å²) < 4.78 is 42.6. The number of nitrogens with zero attached hydrogens (tertiary/aromatic N) is 2. The number of benzene rings is 1. The van der Waals surface area contributed by atoms with Gasteiger partial charge in [0.15, 0.2) is 5.96 Å². The molecule has 1 fully saturated rings. The lowest BCUT2D eigenvalue weighted by molar-refractivity contribution is -0.132. The molecule has 1 heterocycles. The zero-order chi connectivity index (χ0) is 16.9. The largest absolute Gasteiger partial charge is 0.390 e. The zero-order valence-corrected chi connectivity index (χ0v) is 13.4. The van der Waals surface area contributed by atoms with Crippen LogP contribution in [0.1, 0.15) is 23.7 Å². The Labute approximate surface area is 134 Å². The highest BCUT2D eigenvalue weighted by Crippen LogP contribution is 2.25. The summed E-state index contributed by atoms with van der Waals surface area (Å²) in [5.41, 5.74) is 2.24. The van der Waals surface area contributed by atoms with Crippen LogP contribution in [0, 0.1) is 6.92 Å².